The van der Waals surface area contributed by atoms with Gasteiger partial charge in [0.15, 0.2) is 11.2 Å². The number of ether oxygens (including phenoxy) is 1. The normalized spacial score (nSPS) is 11.4. The number of carbonyl (C=O) groups excluding carboxylic acids is 1. The van der Waals surface area contributed by atoms with Gasteiger partial charge in [0.2, 0.25) is 0 Å². The number of rotatable bonds is 5. The standard InChI is InChI=1S/C21H20ClN5O6/c1-4-33-16(28)9-15-23-18-17(24(15)2)19(29)26(20(30)25(18)3)10-13-8-11-7-12(22)5-6-14(11)27(13)21(31)32/h5-8H,4,9-10H2,1-3H3,(H,31,32). The molecule has 0 aliphatic carbocycles. The minimum Gasteiger partial charge on any atom is -0.466 e. The highest BCUT2D eigenvalue weighted by molar-refractivity contribution is 6.31. The first-order valence-corrected chi connectivity index (χ1v) is 10.4. The smallest absolute Gasteiger partial charge is 0.416 e. The van der Waals surface area contributed by atoms with Crippen LogP contribution in [-0.4, -0.2) is 47.0 Å². The summed E-state index contributed by atoms with van der Waals surface area (Å²) in [6.07, 6.45) is -1.42. The number of hydrogen-bond acceptors (Lipinski definition) is 6. The number of carbonyl (C=O) groups is 2. The van der Waals surface area contributed by atoms with Crippen LogP contribution in [0.1, 0.15) is 18.4 Å². The summed E-state index contributed by atoms with van der Waals surface area (Å²) in [6.45, 7) is 1.59. The van der Waals surface area contributed by atoms with E-state index in [0.29, 0.717) is 15.9 Å². The fourth-order valence-electron chi connectivity index (χ4n) is 3.87. The molecule has 0 spiro atoms. The predicted molar refractivity (Wildman–Crippen MR) is 120 cm³/mol. The molecule has 0 atom stereocenters. The number of aromatic nitrogens is 5. The van der Waals surface area contributed by atoms with Crippen molar-refractivity contribution in [1.82, 2.24) is 23.3 Å². The van der Waals surface area contributed by atoms with Gasteiger partial charge in [0, 0.05) is 24.5 Å². The second kappa shape index (κ2) is 8.24. The maximum atomic E-state index is 13.3. The molecule has 12 heteroatoms. The molecule has 4 aromatic rings. The number of benzene rings is 1. The lowest BCUT2D eigenvalue weighted by molar-refractivity contribution is -0.142. The number of fused-ring (bicyclic) bond motifs is 2. The van der Waals surface area contributed by atoms with Crippen LogP contribution in [0.25, 0.3) is 22.1 Å². The summed E-state index contributed by atoms with van der Waals surface area (Å²) in [7, 11) is 3.02. The van der Waals surface area contributed by atoms with E-state index >= 15 is 0 Å². The molecule has 0 saturated heterocycles. The van der Waals surface area contributed by atoms with Crippen LogP contribution in [0.2, 0.25) is 5.02 Å². The van der Waals surface area contributed by atoms with Crippen LogP contribution in [-0.2, 0) is 36.6 Å². The van der Waals surface area contributed by atoms with Gasteiger partial charge in [0.05, 0.1) is 24.4 Å². The fourth-order valence-corrected chi connectivity index (χ4v) is 4.06. The molecule has 0 saturated carbocycles. The van der Waals surface area contributed by atoms with Gasteiger partial charge in [-0.05, 0) is 31.2 Å². The Balaban J connectivity index is 1.89. The molecule has 0 aliphatic rings. The summed E-state index contributed by atoms with van der Waals surface area (Å²) < 4.78 is 9.53. The third kappa shape index (κ3) is 3.69. The van der Waals surface area contributed by atoms with Gasteiger partial charge in [-0.3, -0.25) is 18.7 Å². The lowest BCUT2D eigenvalue weighted by Gasteiger charge is -2.10. The molecule has 0 unspecified atom stereocenters. The first-order chi connectivity index (χ1) is 15.6. The van der Waals surface area contributed by atoms with E-state index in [1.54, 1.807) is 38.2 Å². The van der Waals surface area contributed by atoms with Crippen molar-refractivity contribution >= 4 is 45.7 Å². The van der Waals surface area contributed by atoms with Gasteiger partial charge in [-0.1, -0.05) is 11.6 Å². The highest BCUT2D eigenvalue weighted by Crippen LogP contribution is 2.24. The van der Waals surface area contributed by atoms with Gasteiger partial charge in [-0.2, -0.15) is 0 Å². The highest BCUT2D eigenvalue weighted by Gasteiger charge is 2.22. The zero-order valence-electron chi connectivity index (χ0n) is 18.0. The summed E-state index contributed by atoms with van der Waals surface area (Å²) in [5.74, 6) is -0.242. The first-order valence-electron chi connectivity index (χ1n) is 9.98. The second-order valence-electron chi connectivity index (χ2n) is 7.43. The molecule has 3 heterocycles. The van der Waals surface area contributed by atoms with Crippen LogP contribution in [0, 0.1) is 0 Å². The third-order valence-corrected chi connectivity index (χ3v) is 5.65. The SMILES string of the molecule is CCOC(=O)Cc1nc2c(c(=O)n(Cc3cc4cc(Cl)ccc4n3C(=O)O)c(=O)n2C)n1C. The van der Waals surface area contributed by atoms with E-state index in [0.717, 1.165) is 9.13 Å². The lowest BCUT2D eigenvalue weighted by Crippen LogP contribution is -2.40. The number of hydrogen-bond donors (Lipinski definition) is 1. The summed E-state index contributed by atoms with van der Waals surface area (Å²) in [5, 5.41) is 10.7. The minimum atomic E-state index is -1.26. The van der Waals surface area contributed by atoms with Crippen LogP contribution in [0.4, 0.5) is 4.79 Å². The Bertz CT molecular complexity index is 1560. The quantitative estimate of drug-likeness (QED) is 0.437. The predicted octanol–water partition coefficient (Wildman–Crippen LogP) is 1.72. The van der Waals surface area contributed by atoms with Crippen LogP contribution >= 0.6 is 11.6 Å². The summed E-state index contributed by atoms with van der Waals surface area (Å²) in [5.41, 5.74) is -0.504. The van der Waals surface area contributed by atoms with Gasteiger partial charge in [0.1, 0.15) is 12.2 Å². The molecule has 0 radical (unpaired) electrons. The van der Waals surface area contributed by atoms with Crippen molar-refractivity contribution in [2.45, 2.75) is 19.9 Å². The molecule has 3 aromatic heterocycles. The average molecular weight is 474 g/mol. The molecule has 11 nitrogen and oxygen atoms in total. The number of carboxylic acid groups (broad SMARTS) is 1. The van der Waals surface area contributed by atoms with E-state index in [1.807, 2.05) is 0 Å². The Kier molecular flexibility index (Phi) is 5.58. The molecule has 1 aromatic carbocycles. The van der Waals surface area contributed by atoms with Gasteiger partial charge >= 0.3 is 17.8 Å². The number of imidazole rings is 1. The summed E-state index contributed by atoms with van der Waals surface area (Å²) in [4.78, 5) is 54.4. The van der Waals surface area contributed by atoms with E-state index in [-0.39, 0.29) is 42.3 Å². The van der Waals surface area contributed by atoms with E-state index in [9.17, 15) is 24.3 Å². The largest absolute Gasteiger partial charge is 0.466 e. The highest BCUT2D eigenvalue weighted by atomic mass is 35.5. The Labute approximate surface area is 191 Å². The van der Waals surface area contributed by atoms with E-state index < -0.39 is 23.3 Å². The van der Waals surface area contributed by atoms with E-state index in [2.05, 4.69) is 4.98 Å². The summed E-state index contributed by atoms with van der Waals surface area (Å²) in [6, 6.07) is 6.29. The molecule has 1 N–H and O–H groups in total. The Morgan fingerprint density at radius 3 is 2.55 bits per heavy atom. The summed E-state index contributed by atoms with van der Waals surface area (Å²) >= 11 is 6.02. The van der Waals surface area contributed by atoms with Crippen molar-refractivity contribution in [3.8, 4) is 0 Å². The maximum absolute atomic E-state index is 13.3. The average Bonchev–Trinajstić information content (AvgIpc) is 3.27. The third-order valence-electron chi connectivity index (χ3n) is 5.41. The van der Waals surface area contributed by atoms with Crippen LogP contribution in [0.5, 0.6) is 0 Å². The lowest BCUT2D eigenvalue weighted by atomic mass is 10.2. The van der Waals surface area contributed by atoms with Crippen molar-refractivity contribution in [2.24, 2.45) is 14.1 Å². The Morgan fingerprint density at radius 1 is 1.15 bits per heavy atom. The zero-order chi connectivity index (χ0) is 24.0. The van der Waals surface area contributed by atoms with Gasteiger partial charge < -0.3 is 14.4 Å². The molecule has 0 amide bonds. The van der Waals surface area contributed by atoms with Gasteiger partial charge in [0.25, 0.3) is 5.56 Å². The molecule has 4 rings (SSSR count). The minimum absolute atomic E-state index is 0.109. The van der Waals surface area contributed by atoms with Crippen molar-refractivity contribution in [3.63, 3.8) is 0 Å². The van der Waals surface area contributed by atoms with E-state index in [4.69, 9.17) is 16.3 Å². The molecule has 172 valence electrons. The van der Waals surface area contributed by atoms with Crippen molar-refractivity contribution in [1.29, 1.82) is 0 Å². The zero-order valence-corrected chi connectivity index (χ0v) is 18.8. The van der Waals surface area contributed by atoms with Crippen molar-refractivity contribution < 1.29 is 19.4 Å². The topological polar surface area (TPSA) is 130 Å². The van der Waals surface area contributed by atoms with Gasteiger partial charge in [-0.25, -0.2) is 19.1 Å². The van der Waals surface area contributed by atoms with Crippen LogP contribution in [0.15, 0.2) is 33.9 Å². The fraction of sp³-hybridized carbons (Fsp3) is 0.286. The number of aryl methyl sites for hydroxylation is 2. The first kappa shape index (κ1) is 22.3. The monoisotopic (exact) mass is 473 g/mol. The molecule has 0 fully saturated rings. The Hall–Kier alpha value is -3.86. The van der Waals surface area contributed by atoms with E-state index in [1.165, 1.54) is 16.2 Å². The maximum Gasteiger partial charge on any atom is 0.416 e. The van der Waals surface area contributed by atoms with Gasteiger partial charge in [-0.15, -0.1) is 0 Å². The van der Waals surface area contributed by atoms with Crippen molar-refractivity contribution in [3.05, 3.63) is 61.6 Å². The number of esters is 1. The van der Waals surface area contributed by atoms with Crippen LogP contribution in [0.3, 0.4) is 0 Å². The number of nitrogens with zero attached hydrogens (tertiary/aromatic N) is 5. The number of halogens is 1. The van der Waals surface area contributed by atoms with Crippen molar-refractivity contribution in [2.75, 3.05) is 6.61 Å². The molecule has 33 heavy (non-hydrogen) atoms. The molecular weight excluding hydrogens is 454 g/mol. The second-order valence-corrected chi connectivity index (χ2v) is 7.87. The molecular formula is C21H20ClN5O6. The molecule has 0 aliphatic heterocycles. The Morgan fingerprint density at radius 2 is 1.88 bits per heavy atom. The van der Waals surface area contributed by atoms with Crippen LogP contribution < -0.4 is 11.2 Å². The molecule has 0 bridgehead atoms.